The molecule has 2 saturated carbocycles. The number of nitrogens with zero attached hydrogens (tertiary/aromatic N) is 1. The molecule has 0 aromatic heterocycles. The Bertz CT molecular complexity index is 567. The van der Waals surface area contributed by atoms with Gasteiger partial charge in [-0.25, -0.2) is 4.39 Å². The van der Waals surface area contributed by atoms with Gasteiger partial charge in [-0.05, 0) is 99.2 Å². The van der Waals surface area contributed by atoms with Gasteiger partial charge in [0.2, 0.25) is 0 Å². The molecular formula is C22H28FN. The van der Waals surface area contributed by atoms with Crippen molar-refractivity contribution in [1.29, 1.82) is 5.26 Å². The van der Waals surface area contributed by atoms with E-state index >= 15 is 0 Å². The Hall–Kier alpha value is -1.62. The Morgan fingerprint density at radius 3 is 2.04 bits per heavy atom. The predicted octanol–water partition coefficient (Wildman–Crippen LogP) is 6.51. The van der Waals surface area contributed by atoms with Crippen LogP contribution in [0.25, 0.3) is 0 Å². The van der Waals surface area contributed by atoms with Crippen molar-refractivity contribution in [2.75, 3.05) is 0 Å². The second-order valence-electron chi connectivity index (χ2n) is 7.72. The summed E-state index contributed by atoms with van der Waals surface area (Å²) in [5, 5.41) is 8.91. The summed E-state index contributed by atoms with van der Waals surface area (Å²) in [7, 11) is 0. The first-order valence-corrected chi connectivity index (χ1v) is 9.55. The summed E-state index contributed by atoms with van der Waals surface area (Å²) >= 11 is 0. The molecule has 0 amide bonds. The van der Waals surface area contributed by atoms with Crippen molar-refractivity contribution < 1.29 is 4.39 Å². The lowest BCUT2D eigenvalue weighted by Crippen LogP contribution is -2.25. The molecule has 2 heteroatoms. The molecule has 3 rings (SSSR count). The van der Waals surface area contributed by atoms with E-state index in [0.717, 1.165) is 23.8 Å². The van der Waals surface area contributed by atoms with Gasteiger partial charge in [-0.2, -0.15) is 5.26 Å². The van der Waals surface area contributed by atoms with Crippen LogP contribution in [0.5, 0.6) is 0 Å². The number of nitriles is 1. The molecule has 2 fully saturated rings. The van der Waals surface area contributed by atoms with E-state index in [-0.39, 0.29) is 0 Å². The highest BCUT2D eigenvalue weighted by atomic mass is 19.1. The molecule has 128 valence electrons. The van der Waals surface area contributed by atoms with Gasteiger partial charge in [-0.15, -0.1) is 0 Å². The highest BCUT2D eigenvalue weighted by molar-refractivity contribution is 5.33. The van der Waals surface area contributed by atoms with Crippen LogP contribution in [-0.4, -0.2) is 0 Å². The second kappa shape index (κ2) is 8.47. The van der Waals surface area contributed by atoms with Crippen molar-refractivity contribution in [3.05, 3.63) is 47.8 Å². The topological polar surface area (TPSA) is 23.8 Å². The highest BCUT2D eigenvalue weighted by Crippen LogP contribution is 2.44. The van der Waals surface area contributed by atoms with E-state index in [0.29, 0.717) is 18.2 Å². The van der Waals surface area contributed by atoms with Gasteiger partial charge in [0.05, 0.1) is 18.0 Å². The number of allylic oxidation sites excluding steroid dienone is 1. The Balaban J connectivity index is 1.46. The lowest BCUT2D eigenvalue weighted by molar-refractivity contribution is 0.160. The molecule has 0 heterocycles. The summed E-state index contributed by atoms with van der Waals surface area (Å²) in [5.74, 6) is 3.19. The fourth-order valence-corrected chi connectivity index (χ4v) is 4.89. The molecule has 0 N–H and O–H groups in total. The molecule has 0 spiro atoms. The minimum absolute atomic E-state index is 0.681. The fraction of sp³-hybridized carbons (Fsp3) is 0.591. The van der Waals surface area contributed by atoms with Gasteiger partial charge in [0.1, 0.15) is 0 Å². The summed E-state index contributed by atoms with van der Waals surface area (Å²) in [6.45, 7) is 0. The summed E-state index contributed by atoms with van der Waals surface area (Å²) in [5.41, 5.74) is 2.17. The van der Waals surface area contributed by atoms with E-state index in [1.807, 2.05) is 12.1 Å². The van der Waals surface area contributed by atoms with Crippen LogP contribution in [0.15, 0.2) is 36.7 Å². The van der Waals surface area contributed by atoms with Crippen molar-refractivity contribution in [2.24, 2.45) is 17.8 Å². The number of halogens is 1. The predicted molar refractivity (Wildman–Crippen MR) is 96.2 cm³/mol. The summed E-state index contributed by atoms with van der Waals surface area (Å²) in [4.78, 5) is 0. The normalized spacial score (nSPS) is 31.0. The Kier molecular flexibility index (Phi) is 6.07. The van der Waals surface area contributed by atoms with Crippen LogP contribution >= 0.6 is 0 Å². The van der Waals surface area contributed by atoms with Crippen molar-refractivity contribution in [1.82, 2.24) is 0 Å². The maximum absolute atomic E-state index is 12.1. The molecule has 1 nitrogen and oxygen atoms in total. The smallest absolute Gasteiger partial charge is 0.0991 e. The van der Waals surface area contributed by atoms with Crippen LogP contribution in [0.2, 0.25) is 0 Å². The molecule has 0 bridgehead atoms. The molecule has 1 aromatic rings. The van der Waals surface area contributed by atoms with E-state index in [1.54, 1.807) is 6.08 Å². The third-order valence-corrected chi connectivity index (χ3v) is 6.40. The maximum Gasteiger partial charge on any atom is 0.0991 e. The zero-order valence-corrected chi connectivity index (χ0v) is 14.5. The molecule has 1 aromatic carbocycles. The van der Waals surface area contributed by atoms with E-state index in [1.165, 1.54) is 56.9 Å². The van der Waals surface area contributed by atoms with E-state index in [9.17, 15) is 4.39 Å². The quantitative estimate of drug-likeness (QED) is 0.619. The number of benzene rings is 1. The maximum atomic E-state index is 12.1. The summed E-state index contributed by atoms with van der Waals surface area (Å²) in [6, 6.07) is 10.4. The monoisotopic (exact) mass is 325 g/mol. The lowest BCUT2D eigenvalue weighted by Gasteiger charge is -2.38. The van der Waals surface area contributed by atoms with Gasteiger partial charge in [0.15, 0.2) is 0 Å². The second-order valence-corrected chi connectivity index (χ2v) is 7.72. The van der Waals surface area contributed by atoms with Gasteiger partial charge in [0, 0.05) is 0 Å². The van der Waals surface area contributed by atoms with Crippen LogP contribution in [-0.2, 0) is 0 Å². The SMILES string of the molecule is N#Cc1ccc(C2CCC(C3CCC(CC=CF)CC3)CC2)cc1. The lowest BCUT2D eigenvalue weighted by atomic mass is 9.68. The minimum Gasteiger partial charge on any atom is -0.216 e. The molecule has 0 aliphatic heterocycles. The number of hydrogen-bond acceptors (Lipinski definition) is 1. The summed E-state index contributed by atoms with van der Waals surface area (Å²) < 4.78 is 12.1. The Labute approximate surface area is 145 Å². The zero-order valence-electron chi connectivity index (χ0n) is 14.5. The van der Waals surface area contributed by atoms with Crippen molar-refractivity contribution in [3.63, 3.8) is 0 Å². The zero-order chi connectivity index (χ0) is 16.8. The first-order chi connectivity index (χ1) is 11.8. The molecule has 2 aliphatic rings. The first kappa shape index (κ1) is 17.2. The average Bonchev–Trinajstić information content (AvgIpc) is 2.67. The number of hydrogen-bond donors (Lipinski definition) is 0. The van der Waals surface area contributed by atoms with Crippen LogP contribution in [0, 0.1) is 29.1 Å². The average molecular weight is 325 g/mol. The van der Waals surface area contributed by atoms with Crippen LogP contribution in [0.1, 0.15) is 74.8 Å². The molecular weight excluding hydrogens is 297 g/mol. The van der Waals surface area contributed by atoms with E-state index in [4.69, 9.17) is 5.26 Å². The van der Waals surface area contributed by atoms with E-state index < -0.39 is 0 Å². The molecule has 0 saturated heterocycles. The van der Waals surface area contributed by atoms with Crippen molar-refractivity contribution in [2.45, 2.75) is 63.7 Å². The number of rotatable bonds is 4. The largest absolute Gasteiger partial charge is 0.216 e. The van der Waals surface area contributed by atoms with Gasteiger partial charge in [-0.1, -0.05) is 18.2 Å². The van der Waals surface area contributed by atoms with Crippen LogP contribution in [0.4, 0.5) is 4.39 Å². The van der Waals surface area contributed by atoms with Crippen molar-refractivity contribution >= 4 is 0 Å². The standard InChI is InChI=1S/C22H28FN/c23-15-1-2-17-3-7-19(8-4-17)21-11-13-22(14-12-21)20-9-5-18(16-24)6-10-20/h1,5-6,9-10,15,17,19,21-22H,2-4,7-8,11-14H2. The fourth-order valence-electron chi connectivity index (χ4n) is 4.89. The Morgan fingerprint density at radius 1 is 0.917 bits per heavy atom. The molecule has 0 radical (unpaired) electrons. The van der Waals surface area contributed by atoms with Gasteiger partial charge < -0.3 is 0 Å². The van der Waals surface area contributed by atoms with Crippen LogP contribution < -0.4 is 0 Å². The summed E-state index contributed by atoms with van der Waals surface area (Å²) in [6.07, 6.45) is 13.9. The van der Waals surface area contributed by atoms with Gasteiger partial charge >= 0.3 is 0 Å². The molecule has 0 atom stereocenters. The first-order valence-electron chi connectivity index (χ1n) is 9.55. The minimum atomic E-state index is 0.681. The Morgan fingerprint density at radius 2 is 1.50 bits per heavy atom. The highest BCUT2D eigenvalue weighted by Gasteiger charge is 2.30. The van der Waals surface area contributed by atoms with Gasteiger partial charge in [0.25, 0.3) is 0 Å². The molecule has 24 heavy (non-hydrogen) atoms. The van der Waals surface area contributed by atoms with Crippen molar-refractivity contribution in [3.8, 4) is 6.07 Å². The molecule has 2 aliphatic carbocycles. The van der Waals surface area contributed by atoms with E-state index in [2.05, 4.69) is 18.2 Å². The van der Waals surface area contributed by atoms with Gasteiger partial charge in [-0.3, -0.25) is 0 Å². The third kappa shape index (κ3) is 4.26. The molecule has 0 unspecified atom stereocenters. The van der Waals surface area contributed by atoms with Crippen LogP contribution in [0.3, 0.4) is 0 Å². The third-order valence-electron chi connectivity index (χ3n) is 6.40.